The van der Waals surface area contributed by atoms with Crippen LogP contribution >= 0.6 is 11.6 Å². The molecule has 1 aliphatic rings. The van der Waals surface area contributed by atoms with Gasteiger partial charge in [0.15, 0.2) is 0 Å². The molecule has 0 unspecified atom stereocenters. The van der Waals surface area contributed by atoms with Crippen molar-refractivity contribution in [2.75, 3.05) is 26.2 Å². The largest absolute Gasteiger partial charge is 0.573 e. The number of nitrogens with one attached hydrogen (secondary N) is 1. The molecule has 2 rings (SSSR count). The van der Waals surface area contributed by atoms with E-state index in [1.807, 2.05) is 4.90 Å². The lowest BCUT2D eigenvalue weighted by Gasteiger charge is -2.35. The molecule has 1 aromatic carbocycles. The van der Waals surface area contributed by atoms with E-state index < -0.39 is 30.8 Å². The number of hydrogen-bond acceptors (Lipinski definition) is 3. The Kier molecular flexibility index (Phi) is 6.45. The summed E-state index contributed by atoms with van der Waals surface area (Å²) in [5.41, 5.74) is 0.436. The van der Waals surface area contributed by atoms with Gasteiger partial charge in [0.1, 0.15) is 5.75 Å². The molecule has 0 aromatic heterocycles. The molecule has 0 radical (unpaired) electrons. The smallest absolute Gasteiger partial charge is 0.404 e. The van der Waals surface area contributed by atoms with Gasteiger partial charge in [0.25, 0.3) is 0 Å². The van der Waals surface area contributed by atoms with Gasteiger partial charge in [0.2, 0.25) is 0 Å². The molecule has 0 aliphatic carbocycles. The highest BCUT2D eigenvalue weighted by atomic mass is 35.5. The van der Waals surface area contributed by atoms with Crippen LogP contribution in [-0.2, 0) is 0 Å². The number of piperazine rings is 1. The maximum absolute atomic E-state index is 12.6. The molecule has 0 bridgehead atoms. The molecule has 1 aliphatic heterocycles. The van der Waals surface area contributed by atoms with Crippen molar-refractivity contribution < 1.29 is 31.1 Å². The molecule has 142 valence electrons. The first-order chi connectivity index (χ1) is 11.6. The van der Waals surface area contributed by atoms with Gasteiger partial charge in [-0.05, 0) is 24.1 Å². The molecule has 1 N–H and O–H groups in total. The molecule has 10 heteroatoms. The Labute approximate surface area is 145 Å². The van der Waals surface area contributed by atoms with Gasteiger partial charge in [-0.3, -0.25) is 4.90 Å². The highest BCUT2D eigenvalue weighted by molar-refractivity contribution is 6.32. The number of alkyl halides is 6. The standard InChI is InChI=1S/C15H17ClF6N2O/c16-11-9-10(1-2-13(11)25-15(20,21)22)12(3-4-14(17,18)19)24-7-5-23-6-8-24/h1-2,9,12,23H,3-8H2/t12-/m1/s1. The molecule has 1 aromatic rings. The zero-order valence-corrected chi connectivity index (χ0v) is 13.8. The minimum absolute atomic E-state index is 0.195. The van der Waals surface area contributed by atoms with Crippen molar-refractivity contribution in [1.29, 1.82) is 0 Å². The molecule has 3 nitrogen and oxygen atoms in total. The Hall–Kier alpha value is -1.19. The second-order valence-electron chi connectivity index (χ2n) is 5.69. The van der Waals surface area contributed by atoms with Crippen LogP contribution in [-0.4, -0.2) is 43.6 Å². The van der Waals surface area contributed by atoms with Crippen molar-refractivity contribution in [2.45, 2.75) is 31.4 Å². The van der Waals surface area contributed by atoms with Gasteiger partial charge < -0.3 is 10.1 Å². The SMILES string of the molecule is FC(F)(F)CC[C@H](c1ccc(OC(F)(F)F)c(Cl)c1)N1CCNCC1. The fourth-order valence-corrected chi connectivity index (χ4v) is 3.01. The number of nitrogens with zero attached hydrogens (tertiary/aromatic N) is 1. The van der Waals surface area contributed by atoms with Crippen molar-refractivity contribution >= 4 is 11.6 Å². The zero-order valence-electron chi connectivity index (χ0n) is 13.1. The summed E-state index contributed by atoms with van der Waals surface area (Å²) < 4.78 is 78.6. The minimum atomic E-state index is -4.89. The summed E-state index contributed by atoms with van der Waals surface area (Å²) in [6.07, 6.45) is -10.4. The van der Waals surface area contributed by atoms with Crippen LogP contribution in [0.5, 0.6) is 5.75 Å². The van der Waals surface area contributed by atoms with E-state index in [-0.39, 0.29) is 11.4 Å². The van der Waals surface area contributed by atoms with E-state index in [2.05, 4.69) is 10.1 Å². The van der Waals surface area contributed by atoms with E-state index in [0.29, 0.717) is 31.7 Å². The van der Waals surface area contributed by atoms with Gasteiger partial charge >= 0.3 is 12.5 Å². The number of ether oxygens (including phenoxy) is 1. The maximum atomic E-state index is 12.6. The van der Waals surface area contributed by atoms with E-state index in [1.54, 1.807) is 0 Å². The Balaban J connectivity index is 2.21. The molecule has 1 saturated heterocycles. The average molecular weight is 391 g/mol. The summed E-state index contributed by atoms with van der Waals surface area (Å²) in [6.45, 7) is 2.35. The highest BCUT2D eigenvalue weighted by Crippen LogP contribution is 2.36. The Morgan fingerprint density at radius 1 is 1.12 bits per heavy atom. The monoisotopic (exact) mass is 390 g/mol. The predicted octanol–water partition coefficient (Wildman–Crippen LogP) is 4.53. The summed E-state index contributed by atoms with van der Waals surface area (Å²) in [6, 6.07) is 3.02. The number of halogens is 7. The lowest BCUT2D eigenvalue weighted by atomic mass is 9.99. The number of rotatable bonds is 5. The van der Waals surface area contributed by atoms with Crippen LogP contribution in [0.3, 0.4) is 0 Å². The Morgan fingerprint density at radius 3 is 2.28 bits per heavy atom. The summed E-state index contributed by atoms with van der Waals surface area (Å²) >= 11 is 5.83. The lowest BCUT2D eigenvalue weighted by molar-refractivity contribution is -0.274. The van der Waals surface area contributed by atoms with E-state index in [0.717, 1.165) is 6.07 Å². The molecule has 1 fully saturated rings. The molecule has 1 heterocycles. The fourth-order valence-electron chi connectivity index (χ4n) is 2.79. The van der Waals surface area contributed by atoms with Crippen LogP contribution in [0.1, 0.15) is 24.4 Å². The Morgan fingerprint density at radius 2 is 1.76 bits per heavy atom. The molecule has 25 heavy (non-hydrogen) atoms. The van der Waals surface area contributed by atoms with Gasteiger partial charge in [-0.2, -0.15) is 13.2 Å². The quantitative estimate of drug-likeness (QED) is 0.748. The molecular weight excluding hydrogens is 374 g/mol. The van der Waals surface area contributed by atoms with E-state index in [9.17, 15) is 26.3 Å². The molecule has 0 saturated carbocycles. The minimum Gasteiger partial charge on any atom is -0.404 e. The zero-order chi connectivity index (χ0) is 18.7. The van der Waals surface area contributed by atoms with Crippen LogP contribution in [0, 0.1) is 0 Å². The van der Waals surface area contributed by atoms with Crippen LogP contribution in [0.15, 0.2) is 18.2 Å². The fraction of sp³-hybridized carbons (Fsp3) is 0.600. The van der Waals surface area contributed by atoms with Crippen LogP contribution in [0.2, 0.25) is 5.02 Å². The van der Waals surface area contributed by atoms with Crippen LogP contribution in [0.4, 0.5) is 26.3 Å². The lowest BCUT2D eigenvalue weighted by Crippen LogP contribution is -2.45. The summed E-state index contributed by atoms with van der Waals surface area (Å²) in [4.78, 5) is 1.87. The second kappa shape index (κ2) is 8.01. The third kappa shape index (κ3) is 6.56. The first kappa shape index (κ1) is 20.1. The maximum Gasteiger partial charge on any atom is 0.573 e. The summed E-state index contributed by atoms with van der Waals surface area (Å²) in [7, 11) is 0. The van der Waals surface area contributed by atoms with Gasteiger partial charge in [-0.25, -0.2) is 0 Å². The molecule has 1 atom stereocenters. The van der Waals surface area contributed by atoms with Crippen molar-refractivity contribution in [1.82, 2.24) is 10.2 Å². The van der Waals surface area contributed by atoms with Crippen LogP contribution < -0.4 is 10.1 Å². The van der Waals surface area contributed by atoms with Crippen molar-refractivity contribution in [3.63, 3.8) is 0 Å². The van der Waals surface area contributed by atoms with E-state index in [1.165, 1.54) is 12.1 Å². The molecule has 0 spiro atoms. The van der Waals surface area contributed by atoms with Crippen molar-refractivity contribution in [3.8, 4) is 5.75 Å². The molecular formula is C15H17ClF6N2O. The summed E-state index contributed by atoms with van der Waals surface area (Å²) in [5, 5.41) is 2.81. The average Bonchev–Trinajstić information content (AvgIpc) is 2.49. The first-order valence-electron chi connectivity index (χ1n) is 7.62. The topological polar surface area (TPSA) is 24.5 Å². The predicted molar refractivity (Wildman–Crippen MR) is 80.6 cm³/mol. The van der Waals surface area contributed by atoms with Gasteiger partial charge in [-0.1, -0.05) is 17.7 Å². The van der Waals surface area contributed by atoms with E-state index in [4.69, 9.17) is 11.6 Å². The first-order valence-corrected chi connectivity index (χ1v) is 8.00. The number of hydrogen-bond donors (Lipinski definition) is 1. The highest BCUT2D eigenvalue weighted by Gasteiger charge is 2.33. The second-order valence-corrected chi connectivity index (χ2v) is 6.10. The van der Waals surface area contributed by atoms with Gasteiger partial charge in [0.05, 0.1) is 5.02 Å². The summed E-state index contributed by atoms with van der Waals surface area (Å²) in [5.74, 6) is -0.576. The number of benzene rings is 1. The third-order valence-electron chi connectivity index (χ3n) is 3.86. The van der Waals surface area contributed by atoms with Crippen molar-refractivity contribution in [2.24, 2.45) is 0 Å². The van der Waals surface area contributed by atoms with Gasteiger partial charge in [0, 0.05) is 38.6 Å². The molecule has 0 amide bonds. The van der Waals surface area contributed by atoms with Gasteiger partial charge in [-0.15, -0.1) is 13.2 Å². The normalized spacial score (nSPS) is 18.2. The van der Waals surface area contributed by atoms with Crippen molar-refractivity contribution in [3.05, 3.63) is 28.8 Å². The third-order valence-corrected chi connectivity index (χ3v) is 4.16. The Bertz CT molecular complexity index is 572. The van der Waals surface area contributed by atoms with E-state index >= 15 is 0 Å². The van der Waals surface area contributed by atoms with Crippen LogP contribution in [0.25, 0.3) is 0 Å².